The molecule has 3 nitrogen and oxygen atoms in total. The number of nitrogens with zero attached hydrogens (tertiary/aromatic N) is 1. The largest absolute Gasteiger partial charge is 0.383 e. The molecule has 1 heterocycles. The van der Waals surface area contributed by atoms with E-state index in [0.29, 0.717) is 13.2 Å². The summed E-state index contributed by atoms with van der Waals surface area (Å²) in [6.45, 7) is 3.99. The molecule has 0 aromatic heterocycles. The van der Waals surface area contributed by atoms with Crippen molar-refractivity contribution in [2.75, 3.05) is 20.3 Å². The highest BCUT2D eigenvalue weighted by molar-refractivity contribution is 5.98. The van der Waals surface area contributed by atoms with Gasteiger partial charge in [-0.3, -0.25) is 4.79 Å². The van der Waals surface area contributed by atoms with E-state index in [1.807, 2.05) is 30.0 Å². The van der Waals surface area contributed by atoms with Crippen LogP contribution in [0.15, 0.2) is 18.2 Å². The molecule has 15 heavy (non-hydrogen) atoms. The van der Waals surface area contributed by atoms with E-state index in [1.165, 1.54) is 0 Å². The van der Waals surface area contributed by atoms with Gasteiger partial charge in [0.05, 0.1) is 6.61 Å². The van der Waals surface area contributed by atoms with Crippen LogP contribution in [0.3, 0.4) is 0 Å². The number of benzene rings is 1. The van der Waals surface area contributed by atoms with Crippen LogP contribution in [0.25, 0.3) is 0 Å². The van der Waals surface area contributed by atoms with Crippen molar-refractivity contribution in [2.45, 2.75) is 13.5 Å². The smallest absolute Gasteiger partial charge is 0.254 e. The van der Waals surface area contributed by atoms with Gasteiger partial charge in [0.25, 0.3) is 5.91 Å². The van der Waals surface area contributed by atoms with Gasteiger partial charge in [0.1, 0.15) is 0 Å². The second kappa shape index (κ2) is 4.03. The Labute approximate surface area is 89.7 Å². The fourth-order valence-corrected chi connectivity index (χ4v) is 1.86. The highest BCUT2D eigenvalue weighted by atomic mass is 16.5. The summed E-state index contributed by atoms with van der Waals surface area (Å²) in [6, 6.07) is 6.05. The van der Waals surface area contributed by atoms with Gasteiger partial charge in [-0.05, 0) is 18.6 Å². The van der Waals surface area contributed by atoms with Gasteiger partial charge in [0.15, 0.2) is 0 Å². The van der Waals surface area contributed by atoms with Gasteiger partial charge in [-0.2, -0.15) is 0 Å². The molecule has 0 atom stereocenters. The SMILES string of the molecule is COCCN1Cc2ccc(C)cc2C1=O. The molecule has 1 aliphatic rings. The van der Waals surface area contributed by atoms with Crippen molar-refractivity contribution in [3.8, 4) is 0 Å². The number of hydrogen-bond donors (Lipinski definition) is 0. The van der Waals surface area contributed by atoms with Crippen LogP contribution in [-0.2, 0) is 11.3 Å². The molecule has 1 amide bonds. The molecule has 0 aliphatic carbocycles. The number of carbonyl (C=O) groups excluding carboxylic acids is 1. The van der Waals surface area contributed by atoms with Crippen LogP contribution in [0.1, 0.15) is 21.5 Å². The molecule has 3 heteroatoms. The number of rotatable bonds is 3. The fourth-order valence-electron chi connectivity index (χ4n) is 1.86. The molecule has 1 aliphatic heterocycles. The molecule has 0 unspecified atom stereocenters. The van der Waals surface area contributed by atoms with Gasteiger partial charge in [0, 0.05) is 25.8 Å². The predicted octanol–water partition coefficient (Wildman–Crippen LogP) is 1.60. The van der Waals surface area contributed by atoms with E-state index in [0.717, 1.165) is 23.2 Å². The molecular formula is C12H15NO2. The van der Waals surface area contributed by atoms with Crippen molar-refractivity contribution in [1.29, 1.82) is 0 Å². The maximum Gasteiger partial charge on any atom is 0.254 e. The molecule has 2 rings (SSSR count). The fraction of sp³-hybridized carbons (Fsp3) is 0.417. The molecule has 1 aromatic rings. The molecule has 0 spiro atoms. The van der Waals surface area contributed by atoms with E-state index >= 15 is 0 Å². The lowest BCUT2D eigenvalue weighted by atomic mass is 10.1. The van der Waals surface area contributed by atoms with E-state index < -0.39 is 0 Å². The summed E-state index contributed by atoms with van der Waals surface area (Å²) in [7, 11) is 1.65. The number of ether oxygens (including phenoxy) is 1. The van der Waals surface area contributed by atoms with E-state index in [2.05, 4.69) is 0 Å². The number of methoxy groups -OCH3 is 1. The summed E-state index contributed by atoms with van der Waals surface area (Å²) < 4.78 is 4.98. The lowest BCUT2D eigenvalue weighted by Crippen LogP contribution is -2.27. The Bertz CT molecular complexity index is 387. The third-order valence-electron chi connectivity index (χ3n) is 2.71. The lowest BCUT2D eigenvalue weighted by molar-refractivity contribution is 0.0719. The second-order valence-electron chi connectivity index (χ2n) is 3.88. The molecule has 0 bridgehead atoms. The Morgan fingerprint density at radius 1 is 1.47 bits per heavy atom. The molecule has 0 radical (unpaired) electrons. The van der Waals surface area contributed by atoms with E-state index in [9.17, 15) is 4.79 Å². The number of carbonyl (C=O) groups is 1. The zero-order valence-electron chi connectivity index (χ0n) is 9.12. The summed E-state index contributed by atoms with van der Waals surface area (Å²) in [6.07, 6.45) is 0. The maximum absolute atomic E-state index is 11.9. The third-order valence-corrected chi connectivity index (χ3v) is 2.71. The zero-order valence-corrected chi connectivity index (χ0v) is 9.12. The molecule has 80 valence electrons. The number of fused-ring (bicyclic) bond motifs is 1. The first-order valence-corrected chi connectivity index (χ1v) is 5.10. The van der Waals surface area contributed by atoms with Gasteiger partial charge < -0.3 is 9.64 Å². The monoisotopic (exact) mass is 205 g/mol. The van der Waals surface area contributed by atoms with Gasteiger partial charge in [-0.15, -0.1) is 0 Å². The Morgan fingerprint density at radius 2 is 2.27 bits per heavy atom. The Morgan fingerprint density at radius 3 is 3.00 bits per heavy atom. The molecule has 0 fully saturated rings. The van der Waals surface area contributed by atoms with Crippen LogP contribution < -0.4 is 0 Å². The predicted molar refractivity (Wildman–Crippen MR) is 57.8 cm³/mol. The van der Waals surface area contributed by atoms with Crippen molar-refractivity contribution in [1.82, 2.24) is 4.90 Å². The number of hydrogen-bond acceptors (Lipinski definition) is 2. The summed E-state index contributed by atoms with van der Waals surface area (Å²) in [4.78, 5) is 13.8. The summed E-state index contributed by atoms with van der Waals surface area (Å²) >= 11 is 0. The maximum atomic E-state index is 11.9. The topological polar surface area (TPSA) is 29.5 Å². The lowest BCUT2D eigenvalue weighted by Gasteiger charge is -2.14. The van der Waals surface area contributed by atoms with Gasteiger partial charge in [-0.25, -0.2) is 0 Å². The van der Waals surface area contributed by atoms with Crippen LogP contribution >= 0.6 is 0 Å². The molecule has 0 N–H and O–H groups in total. The molecule has 0 saturated carbocycles. The number of aryl methyl sites for hydroxylation is 1. The Hall–Kier alpha value is -1.35. The Kier molecular flexibility index (Phi) is 2.73. The van der Waals surface area contributed by atoms with Crippen molar-refractivity contribution in [3.05, 3.63) is 34.9 Å². The van der Waals surface area contributed by atoms with Crippen molar-refractivity contribution < 1.29 is 9.53 Å². The summed E-state index contributed by atoms with van der Waals surface area (Å²) in [5, 5.41) is 0. The van der Waals surface area contributed by atoms with Crippen molar-refractivity contribution >= 4 is 5.91 Å². The minimum absolute atomic E-state index is 0.130. The highest BCUT2D eigenvalue weighted by Crippen LogP contribution is 2.23. The average molecular weight is 205 g/mol. The standard InChI is InChI=1S/C12H15NO2/c1-9-3-4-10-8-13(5-6-15-2)12(14)11(10)7-9/h3-4,7H,5-6,8H2,1-2H3. The molecule has 0 saturated heterocycles. The van der Waals surface area contributed by atoms with Gasteiger partial charge in [-0.1, -0.05) is 17.7 Å². The van der Waals surface area contributed by atoms with Gasteiger partial charge >= 0.3 is 0 Å². The zero-order chi connectivity index (χ0) is 10.8. The Balaban J connectivity index is 2.18. The normalized spacial score (nSPS) is 14.5. The second-order valence-corrected chi connectivity index (χ2v) is 3.88. The van der Waals surface area contributed by atoms with E-state index in [1.54, 1.807) is 7.11 Å². The first-order chi connectivity index (χ1) is 7.22. The first kappa shape index (κ1) is 10.2. The van der Waals surface area contributed by atoms with Crippen LogP contribution in [0.5, 0.6) is 0 Å². The van der Waals surface area contributed by atoms with Crippen LogP contribution in [0.4, 0.5) is 0 Å². The first-order valence-electron chi connectivity index (χ1n) is 5.10. The van der Waals surface area contributed by atoms with Crippen LogP contribution in [0, 0.1) is 6.92 Å². The highest BCUT2D eigenvalue weighted by Gasteiger charge is 2.26. The van der Waals surface area contributed by atoms with E-state index in [4.69, 9.17) is 4.74 Å². The summed E-state index contributed by atoms with van der Waals surface area (Å²) in [5.74, 6) is 0.130. The van der Waals surface area contributed by atoms with Crippen molar-refractivity contribution in [3.63, 3.8) is 0 Å². The van der Waals surface area contributed by atoms with Crippen LogP contribution in [-0.4, -0.2) is 31.1 Å². The third kappa shape index (κ3) is 1.88. The molecule has 1 aromatic carbocycles. The minimum atomic E-state index is 0.130. The molecular weight excluding hydrogens is 190 g/mol. The van der Waals surface area contributed by atoms with Gasteiger partial charge in [0.2, 0.25) is 0 Å². The van der Waals surface area contributed by atoms with Crippen LogP contribution in [0.2, 0.25) is 0 Å². The quantitative estimate of drug-likeness (QED) is 0.750. The van der Waals surface area contributed by atoms with Crippen molar-refractivity contribution in [2.24, 2.45) is 0 Å². The average Bonchev–Trinajstić information content (AvgIpc) is 2.53. The van der Waals surface area contributed by atoms with E-state index in [-0.39, 0.29) is 5.91 Å². The number of amides is 1. The summed E-state index contributed by atoms with van der Waals surface area (Å²) in [5.41, 5.74) is 3.11. The minimum Gasteiger partial charge on any atom is -0.383 e.